The molecule has 0 atom stereocenters. The van der Waals surface area contributed by atoms with Gasteiger partial charge < -0.3 is 5.32 Å². The van der Waals surface area contributed by atoms with Crippen molar-refractivity contribution in [2.75, 3.05) is 6.54 Å². The summed E-state index contributed by atoms with van der Waals surface area (Å²) in [5.41, 5.74) is 1.47. The summed E-state index contributed by atoms with van der Waals surface area (Å²) in [6.07, 6.45) is 2.38. The van der Waals surface area contributed by atoms with Crippen LogP contribution in [0.15, 0.2) is 30.5 Å². The Bertz CT molecular complexity index is 540. The van der Waals surface area contributed by atoms with Gasteiger partial charge in [-0.1, -0.05) is 23.2 Å². The van der Waals surface area contributed by atoms with E-state index in [9.17, 15) is 4.79 Å². The standard InChI is InChI=1S/C12H11Cl2N3O/c13-10-2-1-8(7-11(10)14)12(18)15-5-3-9-4-6-16-17-9/h1-2,4,6-7H,3,5H2,(H,15,18)(H,16,17). The molecule has 0 saturated carbocycles. The highest BCUT2D eigenvalue weighted by Crippen LogP contribution is 2.22. The molecule has 1 aromatic carbocycles. The first-order chi connectivity index (χ1) is 8.66. The molecule has 0 saturated heterocycles. The van der Waals surface area contributed by atoms with E-state index in [0.717, 1.165) is 5.69 Å². The largest absolute Gasteiger partial charge is 0.352 e. The third kappa shape index (κ3) is 3.24. The van der Waals surface area contributed by atoms with Gasteiger partial charge in [0.1, 0.15) is 0 Å². The molecule has 0 aliphatic heterocycles. The molecule has 0 fully saturated rings. The molecular formula is C12H11Cl2N3O. The second-order valence-corrected chi connectivity index (χ2v) is 4.53. The Kier molecular flexibility index (Phi) is 4.23. The topological polar surface area (TPSA) is 57.8 Å². The number of benzene rings is 1. The molecule has 0 aliphatic carbocycles. The number of carbonyl (C=O) groups excluding carboxylic acids is 1. The summed E-state index contributed by atoms with van der Waals surface area (Å²) in [6.45, 7) is 0.529. The van der Waals surface area contributed by atoms with E-state index in [0.29, 0.717) is 28.6 Å². The fourth-order valence-corrected chi connectivity index (χ4v) is 1.77. The Morgan fingerprint density at radius 3 is 2.78 bits per heavy atom. The Labute approximate surface area is 114 Å². The van der Waals surface area contributed by atoms with Crippen LogP contribution in [0.25, 0.3) is 0 Å². The van der Waals surface area contributed by atoms with Crippen molar-refractivity contribution in [2.24, 2.45) is 0 Å². The molecule has 0 bridgehead atoms. The van der Waals surface area contributed by atoms with Crippen LogP contribution in [0.5, 0.6) is 0 Å². The number of halogens is 2. The fourth-order valence-electron chi connectivity index (χ4n) is 1.47. The smallest absolute Gasteiger partial charge is 0.251 e. The van der Waals surface area contributed by atoms with Crippen LogP contribution in [0.2, 0.25) is 10.0 Å². The molecule has 1 aromatic heterocycles. The lowest BCUT2D eigenvalue weighted by Gasteiger charge is -2.05. The third-order valence-corrected chi connectivity index (χ3v) is 3.16. The van der Waals surface area contributed by atoms with E-state index in [1.807, 2.05) is 6.07 Å². The summed E-state index contributed by atoms with van der Waals surface area (Å²) in [5, 5.41) is 10.3. The van der Waals surface area contributed by atoms with Gasteiger partial charge >= 0.3 is 0 Å². The summed E-state index contributed by atoms with van der Waals surface area (Å²) < 4.78 is 0. The average Bonchev–Trinajstić information content (AvgIpc) is 2.85. The van der Waals surface area contributed by atoms with Gasteiger partial charge in [0.05, 0.1) is 10.0 Å². The van der Waals surface area contributed by atoms with E-state index in [2.05, 4.69) is 15.5 Å². The van der Waals surface area contributed by atoms with Crippen LogP contribution in [0.1, 0.15) is 16.1 Å². The van der Waals surface area contributed by atoms with Gasteiger partial charge in [-0.2, -0.15) is 5.10 Å². The lowest BCUT2D eigenvalue weighted by atomic mass is 10.2. The van der Waals surface area contributed by atoms with E-state index in [-0.39, 0.29) is 5.91 Å². The maximum Gasteiger partial charge on any atom is 0.251 e. The highest BCUT2D eigenvalue weighted by molar-refractivity contribution is 6.42. The molecular weight excluding hydrogens is 273 g/mol. The van der Waals surface area contributed by atoms with Crippen molar-refractivity contribution in [1.82, 2.24) is 15.5 Å². The molecule has 0 aliphatic rings. The SMILES string of the molecule is O=C(NCCc1ccn[nH]1)c1ccc(Cl)c(Cl)c1. The Hall–Kier alpha value is -1.52. The quantitative estimate of drug-likeness (QED) is 0.906. The molecule has 4 nitrogen and oxygen atoms in total. The van der Waals surface area contributed by atoms with Crippen molar-refractivity contribution in [3.63, 3.8) is 0 Å². The molecule has 0 radical (unpaired) electrons. The molecule has 0 spiro atoms. The molecule has 18 heavy (non-hydrogen) atoms. The van der Waals surface area contributed by atoms with Gasteiger partial charge in [0.25, 0.3) is 5.91 Å². The molecule has 2 N–H and O–H groups in total. The first kappa shape index (κ1) is 12.9. The first-order valence-corrected chi connectivity index (χ1v) is 6.14. The number of nitrogens with zero attached hydrogens (tertiary/aromatic N) is 1. The van der Waals surface area contributed by atoms with Gasteiger partial charge in [-0.25, -0.2) is 0 Å². The van der Waals surface area contributed by atoms with Crippen LogP contribution in [-0.2, 0) is 6.42 Å². The number of aromatic nitrogens is 2. The van der Waals surface area contributed by atoms with Crippen molar-refractivity contribution in [1.29, 1.82) is 0 Å². The third-order valence-electron chi connectivity index (χ3n) is 2.42. The highest BCUT2D eigenvalue weighted by Gasteiger charge is 2.07. The highest BCUT2D eigenvalue weighted by atomic mass is 35.5. The maximum absolute atomic E-state index is 11.8. The second-order valence-electron chi connectivity index (χ2n) is 3.72. The Morgan fingerprint density at radius 1 is 1.28 bits per heavy atom. The molecule has 2 rings (SSSR count). The predicted molar refractivity (Wildman–Crippen MR) is 71.1 cm³/mol. The van der Waals surface area contributed by atoms with Crippen molar-refractivity contribution in [3.8, 4) is 0 Å². The monoisotopic (exact) mass is 283 g/mol. The zero-order valence-electron chi connectivity index (χ0n) is 9.41. The molecule has 0 unspecified atom stereocenters. The Balaban J connectivity index is 1.89. The van der Waals surface area contributed by atoms with E-state index < -0.39 is 0 Å². The minimum Gasteiger partial charge on any atom is -0.352 e. The van der Waals surface area contributed by atoms with E-state index in [1.165, 1.54) is 0 Å². The number of amides is 1. The number of rotatable bonds is 4. The fraction of sp³-hybridized carbons (Fsp3) is 0.167. The van der Waals surface area contributed by atoms with Gasteiger partial charge in [0, 0.05) is 30.4 Å². The van der Waals surface area contributed by atoms with Crippen LogP contribution >= 0.6 is 23.2 Å². The van der Waals surface area contributed by atoms with Crippen LogP contribution in [0, 0.1) is 0 Å². The number of hydrogen-bond acceptors (Lipinski definition) is 2. The Morgan fingerprint density at radius 2 is 2.11 bits per heavy atom. The van der Waals surface area contributed by atoms with Gasteiger partial charge in [-0.3, -0.25) is 9.89 Å². The predicted octanol–water partition coefficient (Wildman–Crippen LogP) is 2.69. The molecule has 6 heteroatoms. The van der Waals surface area contributed by atoms with E-state index in [1.54, 1.807) is 24.4 Å². The molecule has 94 valence electrons. The molecule has 1 amide bonds. The minimum atomic E-state index is -0.173. The normalized spacial score (nSPS) is 10.3. The van der Waals surface area contributed by atoms with Crippen molar-refractivity contribution >= 4 is 29.1 Å². The first-order valence-electron chi connectivity index (χ1n) is 5.38. The lowest BCUT2D eigenvalue weighted by molar-refractivity contribution is 0.0954. The average molecular weight is 284 g/mol. The second kappa shape index (κ2) is 5.89. The van der Waals surface area contributed by atoms with Gasteiger partial charge in [-0.15, -0.1) is 0 Å². The maximum atomic E-state index is 11.8. The van der Waals surface area contributed by atoms with Crippen molar-refractivity contribution in [2.45, 2.75) is 6.42 Å². The number of aromatic amines is 1. The van der Waals surface area contributed by atoms with E-state index >= 15 is 0 Å². The van der Waals surface area contributed by atoms with Crippen LogP contribution < -0.4 is 5.32 Å². The number of nitrogens with one attached hydrogen (secondary N) is 2. The van der Waals surface area contributed by atoms with Gasteiger partial charge in [0.15, 0.2) is 0 Å². The zero-order valence-corrected chi connectivity index (χ0v) is 10.9. The van der Waals surface area contributed by atoms with Crippen molar-refractivity contribution < 1.29 is 4.79 Å². The van der Waals surface area contributed by atoms with E-state index in [4.69, 9.17) is 23.2 Å². The summed E-state index contributed by atoms with van der Waals surface area (Å²) in [6, 6.07) is 6.66. The van der Waals surface area contributed by atoms with Crippen LogP contribution in [-0.4, -0.2) is 22.6 Å². The number of hydrogen-bond donors (Lipinski definition) is 2. The number of carbonyl (C=O) groups is 1. The lowest BCUT2D eigenvalue weighted by Crippen LogP contribution is -2.25. The summed E-state index contributed by atoms with van der Waals surface area (Å²) >= 11 is 11.6. The zero-order chi connectivity index (χ0) is 13.0. The minimum absolute atomic E-state index is 0.173. The van der Waals surface area contributed by atoms with Crippen LogP contribution in [0.3, 0.4) is 0 Å². The number of H-pyrrole nitrogens is 1. The summed E-state index contributed by atoms with van der Waals surface area (Å²) in [7, 11) is 0. The molecule has 1 heterocycles. The van der Waals surface area contributed by atoms with Gasteiger partial charge in [0.2, 0.25) is 0 Å². The van der Waals surface area contributed by atoms with Crippen LogP contribution in [0.4, 0.5) is 0 Å². The molecule has 2 aromatic rings. The summed E-state index contributed by atoms with van der Waals surface area (Å²) in [5.74, 6) is -0.173. The van der Waals surface area contributed by atoms with Crippen molar-refractivity contribution in [3.05, 3.63) is 51.8 Å². The summed E-state index contributed by atoms with van der Waals surface area (Å²) in [4.78, 5) is 11.8. The van der Waals surface area contributed by atoms with Gasteiger partial charge in [-0.05, 0) is 24.3 Å².